The van der Waals surface area contributed by atoms with Gasteiger partial charge < -0.3 is 20.7 Å². The molecule has 0 aliphatic carbocycles. The molecule has 2 aliphatic heterocycles. The molecule has 1 fully saturated rings. The molecular formula is C17H23N3O3. The molecule has 1 aromatic carbocycles. The molecule has 3 rings (SSSR count). The third-order valence-corrected chi connectivity index (χ3v) is 4.58. The van der Waals surface area contributed by atoms with Crippen molar-refractivity contribution in [3.8, 4) is 5.75 Å². The molecule has 6 nitrogen and oxygen atoms in total. The van der Waals surface area contributed by atoms with Gasteiger partial charge in [0, 0.05) is 18.6 Å². The molecule has 2 amide bonds. The quantitative estimate of drug-likeness (QED) is 0.870. The third-order valence-electron chi connectivity index (χ3n) is 4.58. The number of likely N-dealkylation sites (tertiary alicyclic amines) is 1. The van der Waals surface area contributed by atoms with Crippen molar-refractivity contribution in [1.82, 2.24) is 4.90 Å². The van der Waals surface area contributed by atoms with Crippen molar-refractivity contribution in [3.05, 3.63) is 23.8 Å². The zero-order valence-corrected chi connectivity index (χ0v) is 13.5. The van der Waals surface area contributed by atoms with Crippen molar-refractivity contribution in [2.45, 2.75) is 51.3 Å². The van der Waals surface area contributed by atoms with Crippen LogP contribution in [0.15, 0.2) is 18.2 Å². The lowest BCUT2D eigenvalue weighted by Crippen LogP contribution is -2.51. The summed E-state index contributed by atoms with van der Waals surface area (Å²) in [5.41, 5.74) is 7.11. The van der Waals surface area contributed by atoms with Crippen LogP contribution in [0.1, 0.15) is 43.5 Å². The fourth-order valence-electron chi connectivity index (χ4n) is 3.31. The smallest absolute Gasteiger partial charge is 0.265 e. The van der Waals surface area contributed by atoms with Gasteiger partial charge in [-0.1, -0.05) is 6.07 Å². The first-order valence-electron chi connectivity index (χ1n) is 8.16. The van der Waals surface area contributed by atoms with Crippen LogP contribution in [0.2, 0.25) is 0 Å². The van der Waals surface area contributed by atoms with Gasteiger partial charge in [0.05, 0.1) is 11.3 Å². The molecule has 0 spiro atoms. The number of hydrogen-bond donors (Lipinski definition) is 2. The number of fused-ring (bicyclic) bond motifs is 1. The highest BCUT2D eigenvalue weighted by Gasteiger charge is 2.34. The highest BCUT2D eigenvalue weighted by Crippen LogP contribution is 2.35. The van der Waals surface area contributed by atoms with Crippen molar-refractivity contribution < 1.29 is 14.3 Å². The van der Waals surface area contributed by atoms with Crippen molar-refractivity contribution in [2.24, 2.45) is 5.73 Å². The van der Waals surface area contributed by atoms with Crippen LogP contribution in [0.3, 0.4) is 0 Å². The number of rotatable bonds is 2. The van der Waals surface area contributed by atoms with Gasteiger partial charge in [-0.25, -0.2) is 0 Å². The van der Waals surface area contributed by atoms with Gasteiger partial charge in [0.15, 0.2) is 11.9 Å². The third kappa shape index (κ3) is 2.91. The van der Waals surface area contributed by atoms with Crippen molar-refractivity contribution in [3.63, 3.8) is 0 Å². The number of anilines is 1. The number of piperidine rings is 1. The zero-order valence-electron chi connectivity index (χ0n) is 13.5. The van der Waals surface area contributed by atoms with Gasteiger partial charge in [-0.15, -0.1) is 0 Å². The van der Waals surface area contributed by atoms with E-state index in [1.165, 1.54) is 0 Å². The van der Waals surface area contributed by atoms with E-state index in [4.69, 9.17) is 10.5 Å². The van der Waals surface area contributed by atoms with E-state index in [2.05, 4.69) is 5.32 Å². The van der Waals surface area contributed by atoms with Gasteiger partial charge in [-0.2, -0.15) is 0 Å². The fraction of sp³-hybridized carbons (Fsp3) is 0.529. The van der Waals surface area contributed by atoms with Gasteiger partial charge in [0.1, 0.15) is 0 Å². The molecule has 23 heavy (non-hydrogen) atoms. The van der Waals surface area contributed by atoms with E-state index in [1.54, 1.807) is 25.1 Å². The summed E-state index contributed by atoms with van der Waals surface area (Å²) in [6.07, 6.45) is 2.39. The SMILES string of the molecule is CC1Oc2c(cccc2C(=O)N2CCCCC2C(C)N)NC1=O. The first kappa shape index (κ1) is 15.8. The Balaban J connectivity index is 1.94. The second-order valence-electron chi connectivity index (χ2n) is 6.35. The van der Waals surface area contributed by atoms with Crippen molar-refractivity contribution in [2.75, 3.05) is 11.9 Å². The molecule has 3 N–H and O–H groups in total. The summed E-state index contributed by atoms with van der Waals surface area (Å²) >= 11 is 0. The van der Waals surface area contributed by atoms with E-state index < -0.39 is 6.10 Å². The summed E-state index contributed by atoms with van der Waals surface area (Å²) in [6, 6.07) is 5.23. The molecule has 124 valence electrons. The number of amides is 2. The summed E-state index contributed by atoms with van der Waals surface area (Å²) < 4.78 is 5.69. The lowest BCUT2D eigenvalue weighted by molar-refractivity contribution is -0.122. The molecule has 2 aliphatic rings. The topological polar surface area (TPSA) is 84.7 Å². The van der Waals surface area contributed by atoms with Crippen LogP contribution in [-0.4, -0.2) is 41.4 Å². The molecule has 3 atom stereocenters. The fourth-order valence-corrected chi connectivity index (χ4v) is 3.31. The molecule has 0 saturated carbocycles. The van der Waals surface area contributed by atoms with Crippen LogP contribution in [-0.2, 0) is 4.79 Å². The Morgan fingerprint density at radius 1 is 1.43 bits per heavy atom. The van der Waals surface area contributed by atoms with Gasteiger partial charge in [0.25, 0.3) is 11.8 Å². The Morgan fingerprint density at radius 2 is 2.22 bits per heavy atom. The number of hydrogen-bond acceptors (Lipinski definition) is 4. The molecule has 3 unspecified atom stereocenters. The van der Waals surface area contributed by atoms with E-state index in [9.17, 15) is 9.59 Å². The number of benzene rings is 1. The molecule has 1 aromatic rings. The summed E-state index contributed by atoms with van der Waals surface area (Å²) in [5.74, 6) is 0.180. The minimum atomic E-state index is -0.609. The highest BCUT2D eigenvalue weighted by molar-refractivity contribution is 6.04. The largest absolute Gasteiger partial charge is 0.478 e. The highest BCUT2D eigenvalue weighted by atomic mass is 16.5. The molecule has 0 radical (unpaired) electrons. The molecular weight excluding hydrogens is 294 g/mol. The number of nitrogens with zero attached hydrogens (tertiary/aromatic N) is 1. The van der Waals surface area contributed by atoms with E-state index >= 15 is 0 Å². The lowest BCUT2D eigenvalue weighted by atomic mass is 9.95. The van der Waals surface area contributed by atoms with Gasteiger partial charge in [-0.05, 0) is 45.2 Å². The standard InChI is InChI=1S/C17H23N3O3/c1-10(18)14-8-3-4-9-20(14)17(22)12-6-5-7-13-15(12)23-11(2)16(21)19-13/h5-7,10-11,14H,3-4,8-9,18H2,1-2H3,(H,19,21). The summed E-state index contributed by atoms with van der Waals surface area (Å²) in [4.78, 5) is 26.6. The summed E-state index contributed by atoms with van der Waals surface area (Å²) in [6.45, 7) is 4.32. The number of carbonyl (C=O) groups excluding carboxylic acids is 2. The summed E-state index contributed by atoms with van der Waals surface area (Å²) in [5, 5.41) is 2.78. The average molecular weight is 317 g/mol. The number of para-hydroxylation sites is 1. The number of ether oxygens (including phenoxy) is 1. The predicted octanol–water partition coefficient (Wildman–Crippen LogP) is 1.75. The van der Waals surface area contributed by atoms with Gasteiger partial charge in [-0.3, -0.25) is 9.59 Å². The van der Waals surface area contributed by atoms with Crippen LogP contribution in [0, 0.1) is 0 Å². The Bertz CT molecular complexity index is 630. The van der Waals surface area contributed by atoms with Crippen LogP contribution in [0.4, 0.5) is 5.69 Å². The zero-order chi connectivity index (χ0) is 16.6. The number of nitrogens with two attached hydrogens (primary N) is 1. The number of carbonyl (C=O) groups is 2. The maximum Gasteiger partial charge on any atom is 0.265 e. The summed E-state index contributed by atoms with van der Waals surface area (Å²) in [7, 11) is 0. The van der Waals surface area contributed by atoms with Crippen molar-refractivity contribution >= 4 is 17.5 Å². The minimum absolute atomic E-state index is 0.0442. The van der Waals surface area contributed by atoms with Crippen LogP contribution in [0.25, 0.3) is 0 Å². The lowest BCUT2D eigenvalue weighted by Gasteiger charge is -2.38. The van der Waals surface area contributed by atoms with Crippen LogP contribution >= 0.6 is 0 Å². The van der Waals surface area contributed by atoms with E-state index in [1.807, 2.05) is 11.8 Å². The first-order chi connectivity index (χ1) is 11.0. The molecule has 1 saturated heterocycles. The Morgan fingerprint density at radius 3 is 2.96 bits per heavy atom. The Kier molecular flexibility index (Phi) is 4.26. The number of nitrogens with one attached hydrogen (secondary N) is 1. The van der Waals surface area contributed by atoms with E-state index in [-0.39, 0.29) is 23.9 Å². The first-order valence-corrected chi connectivity index (χ1v) is 8.16. The van der Waals surface area contributed by atoms with Crippen molar-refractivity contribution in [1.29, 1.82) is 0 Å². The predicted molar refractivity (Wildman–Crippen MR) is 87.5 cm³/mol. The molecule has 6 heteroatoms. The molecule has 0 aromatic heterocycles. The average Bonchev–Trinajstić information content (AvgIpc) is 2.54. The second-order valence-corrected chi connectivity index (χ2v) is 6.35. The van der Waals surface area contributed by atoms with Gasteiger partial charge in [0.2, 0.25) is 0 Å². The monoisotopic (exact) mass is 317 g/mol. The maximum atomic E-state index is 13.1. The van der Waals surface area contributed by atoms with Gasteiger partial charge >= 0.3 is 0 Å². The maximum absolute atomic E-state index is 13.1. The van der Waals surface area contributed by atoms with E-state index in [0.29, 0.717) is 23.5 Å². The van der Waals surface area contributed by atoms with E-state index in [0.717, 1.165) is 19.3 Å². The van der Waals surface area contributed by atoms with Crippen LogP contribution < -0.4 is 15.8 Å². The normalized spacial score (nSPS) is 25.2. The minimum Gasteiger partial charge on any atom is -0.478 e. The molecule has 2 heterocycles. The molecule has 0 bridgehead atoms. The Hall–Kier alpha value is -2.08. The Labute approximate surface area is 136 Å². The van der Waals surface area contributed by atoms with Crippen LogP contribution in [0.5, 0.6) is 5.75 Å². The second kappa shape index (κ2) is 6.20.